The molecule has 0 radical (unpaired) electrons. The summed E-state index contributed by atoms with van der Waals surface area (Å²) < 4.78 is 5.41. The lowest BCUT2D eigenvalue weighted by Crippen LogP contribution is -2.36. The number of carbonyl (C=O) groups excluding carboxylic acids is 2. The molecule has 2 amide bonds. The summed E-state index contributed by atoms with van der Waals surface area (Å²) in [6.07, 6.45) is 1.02. The van der Waals surface area contributed by atoms with Crippen LogP contribution in [0.25, 0.3) is 0 Å². The van der Waals surface area contributed by atoms with Crippen molar-refractivity contribution in [3.8, 4) is 5.75 Å². The first-order valence-corrected chi connectivity index (χ1v) is 8.54. The Morgan fingerprint density at radius 1 is 1.17 bits per heavy atom. The topological polar surface area (TPSA) is 67.4 Å². The van der Waals surface area contributed by atoms with Crippen LogP contribution in [0.15, 0.2) is 24.3 Å². The quantitative estimate of drug-likeness (QED) is 0.717. The maximum absolute atomic E-state index is 12.0. The highest BCUT2D eigenvalue weighted by atomic mass is 16.5. The molecule has 24 heavy (non-hydrogen) atoms. The summed E-state index contributed by atoms with van der Waals surface area (Å²) in [7, 11) is 0. The smallest absolute Gasteiger partial charge is 0.225 e. The molecule has 5 heteroatoms. The Kier molecular flexibility index (Phi) is 7.75. The molecule has 1 atom stereocenters. The Bertz CT molecular complexity index is 533. The van der Waals surface area contributed by atoms with Gasteiger partial charge in [-0.25, -0.2) is 0 Å². The van der Waals surface area contributed by atoms with Gasteiger partial charge in [0.25, 0.3) is 0 Å². The summed E-state index contributed by atoms with van der Waals surface area (Å²) in [5, 5.41) is 5.82. The van der Waals surface area contributed by atoms with Gasteiger partial charge in [0.2, 0.25) is 11.8 Å². The SMILES string of the molecule is CCOc1ccc(C(C)NC(=O)CCCNC(=O)C(C)(C)C)cc1. The Hall–Kier alpha value is -2.04. The zero-order valence-corrected chi connectivity index (χ0v) is 15.4. The van der Waals surface area contributed by atoms with E-state index in [2.05, 4.69) is 10.6 Å². The molecule has 1 aromatic rings. The first kappa shape index (κ1) is 20.0. The van der Waals surface area contributed by atoms with Crippen LogP contribution in [0.2, 0.25) is 0 Å². The predicted octanol–water partition coefficient (Wildman–Crippen LogP) is 3.21. The van der Waals surface area contributed by atoms with Crippen LogP contribution in [0, 0.1) is 5.41 Å². The molecule has 0 fully saturated rings. The number of rotatable bonds is 8. The van der Waals surface area contributed by atoms with E-state index in [1.807, 2.05) is 58.9 Å². The van der Waals surface area contributed by atoms with Crippen LogP contribution in [-0.4, -0.2) is 25.0 Å². The second kappa shape index (κ2) is 9.30. The van der Waals surface area contributed by atoms with E-state index in [-0.39, 0.29) is 17.9 Å². The highest BCUT2D eigenvalue weighted by Crippen LogP contribution is 2.17. The molecule has 1 unspecified atom stereocenters. The third-order valence-corrected chi connectivity index (χ3v) is 3.62. The molecule has 0 spiro atoms. The van der Waals surface area contributed by atoms with E-state index in [0.717, 1.165) is 11.3 Å². The Balaban J connectivity index is 2.32. The van der Waals surface area contributed by atoms with E-state index < -0.39 is 5.41 Å². The van der Waals surface area contributed by atoms with Crippen molar-refractivity contribution in [2.24, 2.45) is 5.41 Å². The van der Waals surface area contributed by atoms with Gasteiger partial charge in [0.15, 0.2) is 0 Å². The van der Waals surface area contributed by atoms with Crippen molar-refractivity contribution >= 4 is 11.8 Å². The van der Waals surface area contributed by atoms with E-state index in [4.69, 9.17) is 4.74 Å². The lowest BCUT2D eigenvalue weighted by Gasteiger charge is -2.18. The van der Waals surface area contributed by atoms with Gasteiger partial charge in [0.05, 0.1) is 12.6 Å². The fourth-order valence-electron chi connectivity index (χ4n) is 2.13. The Labute approximate surface area is 145 Å². The summed E-state index contributed by atoms with van der Waals surface area (Å²) in [6, 6.07) is 7.67. The average molecular weight is 334 g/mol. The molecule has 0 heterocycles. The van der Waals surface area contributed by atoms with Gasteiger partial charge in [-0.3, -0.25) is 9.59 Å². The molecule has 5 nitrogen and oxygen atoms in total. The van der Waals surface area contributed by atoms with Gasteiger partial charge in [0, 0.05) is 18.4 Å². The molecule has 134 valence electrons. The maximum atomic E-state index is 12.0. The lowest BCUT2D eigenvalue weighted by molar-refractivity contribution is -0.128. The summed E-state index contributed by atoms with van der Waals surface area (Å²) in [5.41, 5.74) is 0.637. The van der Waals surface area contributed by atoms with Gasteiger partial charge < -0.3 is 15.4 Å². The number of amides is 2. The standard InChI is InChI=1S/C19H30N2O3/c1-6-24-16-11-9-15(10-12-16)14(2)21-17(22)8-7-13-20-18(23)19(3,4)5/h9-12,14H,6-8,13H2,1-5H3,(H,20,23)(H,21,22). The Morgan fingerprint density at radius 2 is 1.79 bits per heavy atom. The number of hydrogen-bond acceptors (Lipinski definition) is 3. The molecule has 1 rings (SSSR count). The fraction of sp³-hybridized carbons (Fsp3) is 0.579. The summed E-state index contributed by atoms with van der Waals surface area (Å²) in [6.45, 7) is 10.7. The van der Waals surface area contributed by atoms with E-state index in [9.17, 15) is 9.59 Å². The van der Waals surface area contributed by atoms with Crippen molar-refractivity contribution < 1.29 is 14.3 Å². The molecule has 0 saturated heterocycles. The molecule has 0 aliphatic heterocycles. The van der Waals surface area contributed by atoms with Crippen LogP contribution in [0.1, 0.15) is 59.1 Å². The zero-order chi connectivity index (χ0) is 18.2. The molecular weight excluding hydrogens is 304 g/mol. The molecule has 1 aromatic carbocycles. The minimum Gasteiger partial charge on any atom is -0.494 e. The predicted molar refractivity (Wildman–Crippen MR) is 95.9 cm³/mol. The molecular formula is C19H30N2O3. The number of carbonyl (C=O) groups is 2. The van der Waals surface area contributed by atoms with Gasteiger partial charge >= 0.3 is 0 Å². The second-order valence-electron chi connectivity index (χ2n) is 6.90. The molecule has 0 aliphatic carbocycles. The monoisotopic (exact) mass is 334 g/mol. The minimum atomic E-state index is -0.398. The second-order valence-corrected chi connectivity index (χ2v) is 6.90. The van der Waals surface area contributed by atoms with Gasteiger partial charge in [-0.1, -0.05) is 32.9 Å². The van der Waals surface area contributed by atoms with Crippen molar-refractivity contribution in [2.75, 3.05) is 13.2 Å². The van der Waals surface area contributed by atoms with Crippen LogP contribution < -0.4 is 15.4 Å². The summed E-state index contributed by atoms with van der Waals surface area (Å²) in [5.74, 6) is 0.821. The van der Waals surface area contributed by atoms with E-state index >= 15 is 0 Å². The van der Waals surface area contributed by atoms with Crippen LogP contribution in [0.4, 0.5) is 0 Å². The van der Waals surface area contributed by atoms with E-state index in [0.29, 0.717) is 26.0 Å². The normalized spacial score (nSPS) is 12.4. The molecule has 0 aliphatic rings. The van der Waals surface area contributed by atoms with Gasteiger partial charge in [-0.2, -0.15) is 0 Å². The van der Waals surface area contributed by atoms with Crippen LogP contribution in [-0.2, 0) is 9.59 Å². The third kappa shape index (κ3) is 7.02. The van der Waals surface area contributed by atoms with Gasteiger partial charge in [0.1, 0.15) is 5.75 Å². The lowest BCUT2D eigenvalue weighted by atomic mass is 9.96. The molecule has 0 aromatic heterocycles. The Morgan fingerprint density at radius 3 is 2.33 bits per heavy atom. The van der Waals surface area contributed by atoms with Crippen molar-refractivity contribution in [2.45, 2.75) is 53.5 Å². The van der Waals surface area contributed by atoms with Crippen molar-refractivity contribution in [1.82, 2.24) is 10.6 Å². The molecule has 2 N–H and O–H groups in total. The van der Waals surface area contributed by atoms with Crippen molar-refractivity contribution in [3.63, 3.8) is 0 Å². The molecule has 0 saturated carbocycles. The summed E-state index contributed by atoms with van der Waals surface area (Å²) >= 11 is 0. The van der Waals surface area contributed by atoms with Crippen molar-refractivity contribution in [1.29, 1.82) is 0 Å². The van der Waals surface area contributed by atoms with E-state index in [1.165, 1.54) is 0 Å². The number of benzene rings is 1. The highest BCUT2D eigenvalue weighted by molar-refractivity contribution is 5.81. The largest absolute Gasteiger partial charge is 0.494 e. The molecule has 0 bridgehead atoms. The number of nitrogens with one attached hydrogen (secondary N) is 2. The van der Waals surface area contributed by atoms with Gasteiger partial charge in [-0.05, 0) is 38.0 Å². The zero-order valence-electron chi connectivity index (χ0n) is 15.4. The summed E-state index contributed by atoms with van der Waals surface area (Å²) in [4.78, 5) is 23.7. The number of ether oxygens (including phenoxy) is 1. The fourth-order valence-corrected chi connectivity index (χ4v) is 2.13. The van der Waals surface area contributed by atoms with E-state index in [1.54, 1.807) is 0 Å². The number of hydrogen-bond donors (Lipinski definition) is 2. The first-order chi connectivity index (χ1) is 11.2. The first-order valence-electron chi connectivity index (χ1n) is 8.54. The highest BCUT2D eigenvalue weighted by Gasteiger charge is 2.20. The van der Waals surface area contributed by atoms with Crippen LogP contribution in [0.3, 0.4) is 0 Å². The third-order valence-electron chi connectivity index (χ3n) is 3.62. The van der Waals surface area contributed by atoms with Crippen LogP contribution >= 0.6 is 0 Å². The minimum absolute atomic E-state index is 0.00524. The van der Waals surface area contributed by atoms with Crippen molar-refractivity contribution in [3.05, 3.63) is 29.8 Å². The van der Waals surface area contributed by atoms with Crippen LogP contribution in [0.5, 0.6) is 5.75 Å². The maximum Gasteiger partial charge on any atom is 0.225 e. The average Bonchev–Trinajstić information content (AvgIpc) is 2.51. The van der Waals surface area contributed by atoms with Gasteiger partial charge in [-0.15, -0.1) is 0 Å².